The van der Waals surface area contributed by atoms with Crippen molar-refractivity contribution in [2.45, 2.75) is 206 Å². The largest absolute Gasteiger partial charge is 0.481 e. The van der Waals surface area contributed by atoms with Gasteiger partial charge in [-0.3, -0.25) is 4.79 Å². The molecular formula is C36H72O3. The molecule has 0 unspecified atom stereocenters. The maximum absolute atomic E-state index is 10.3. The van der Waals surface area contributed by atoms with E-state index in [0.717, 1.165) is 19.3 Å². The molecule has 0 bridgehead atoms. The van der Waals surface area contributed by atoms with E-state index < -0.39 is 5.97 Å². The summed E-state index contributed by atoms with van der Waals surface area (Å²) >= 11 is 0. The van der Waals surface area contributed by atoms with E-state index in [4.69, 9.17) is 10.2 Å². The van der Waals surface area contributed by atoms with Crippen molar-refractivity contribution in [3.05, 3.63) is 12.2 Å². The highest BCUT2D eigenvalue weighted by molar-refractivity contribution is 5.66. The SMILES string of the molecule is CCCCCCCC/C=C\CCCCCCCCO.CCCCCCCCCCCCCCCCCC(=O)O. The van der Waals surface area contributed by atoms with Crippen molar-refractivity contribution in [3.63, 3.8) is 0 Å². The predicted molar refractivity (Wildman–Crippen MR) is 174 cm³/mol. The molecule has 0 spiro atoms. The van der Waals surface area contributed by atoms with Gasteiger partial charge >= 0.3 is 5.97 Å². The van der Waals surface area contributed by atoms with Gasteiger partial charge in [-0.05, 0) is 38.5 Å². The summed E-state index contributed by atoms with van der Waals surface area (Å²) in [6.07, 6.45) is 43.4. The third-order valence-corrected chi connectivity index (χ3v) is 7.66. The Hall–Kier alpha value is -0.830. The van der Waals surface area contributed by atoms with Crippen molar-refractivity contribution in [1.82, 2.24) is 0 Å². The zero-order chi connectivity index (χ0) is 28.9. The zero-order valence-electron chi connectivity index (χ0n) is 26.9. The van der Waals surface area contributed by atoms with Gasteiger partial charge in [0.1, 0.15) is 0 Å². The molecule has 0 radical (unpaired) electrons. The fourth-order valence-corrected chi connectivity index (χ4v) is 5.01. The first-order valence-electron chi connectivity index (χ1n) is 17.7. The molecule has 234 valence electrons. The number of hydrogen-bond donors (Lipinski definition) is 2. The van der Waals surface area contributed by atoms with Crippen LogP contribution >= 0.6 is 0 Å². The molecular weight excluding hydrogens is 480 g/mol. The summed E-state index contributed by atoms with van der Waals surface area (Å²) in [5.41, 5.74) is 0. The van der Waals surface area contributed by atoms with Crippen molar-refractivity contribution < 1.29 is 15.0 Å². The van der Waals surface area contributed by atoms with E-state index in [1.807, 2.05) is 0 Å². The monoisotopic (exact) mass is 553 g/mol. The number of aliphatic carboxylic acids is 1. The Morgan fingerprint density at radius 3 is 1.03 bits per heavy atom. The van der Waals surface area contributed by atoms with Crippen LogP contribution in [0.15, 0.2) is 12.2 Å². The summed E-state index contributed by atoms with van der Waals surface area (Å²) in [6, 6.07) is 0. The third-order valence-electron chi connectivity index (χ3n) is 7.66. The van der Waals surface area contributed by atoms with Crippen LogP contribution in [0.4, 0.5) is 0 Å². The van der Waals surface area contributed by atoms with Gasteiger partial charge in [-0.1, -0.05) is 174 Å². The number of carboxylic acid groups (broad SMARTS) is 1. The van der Waals surface area contributed by atoms with E-state index >= 15 is 0 Å². The van der Waals surface area contributed by atoms with E-state index in [-0.39, 0.29) is 0 Å². The minimum atomic E-state index is -0.653. The average molecular weight is 553 g/mol. The summed E-state index contributed by atoms with van der Waals surface area (Å²) in [4.78, 5) is 10.3. The Balaban J connectivity index is 0. The molecule has 0 saturated heterocycles. The number of aliphatic hydroxyl groups excluding tert-OH is 1. The second kappa shape index (κ2) is 39.3. The number of allylic oxidation sites excluding steroid dienone is 2. The van der Waals surface area contributed by atoms with Crippen LogP contribution in [0.2, 0.25) is 0 Å². The molecule has 0 aliphatic rings. The van der Waals surface area contributed by atoms with Crippen LogP contribution in [-0.2, 0) is 4.79 Å². The molecule has 39 heavy (non-hydrogen) atoms. The number of unbranched alkanes of at least 4 members (excludes halogenated alkanes) is 26. The van der Waals surface area contributed by atoms with E-state index in [9.17, 15) is 4.79 Å². The van der Waals surface area contributed by atoms with Gasteiger partial charge in [0, 0.05) is 13.0 Å². The summed E-state index contributed by atoms with van der Waals surface area (Å²) in [5.74, 6) is -0.653. The van der Waals surface area contributed by atoms with Crippen LogP contribution < -0.4 is 0 Å². The summed E-state index contributed by atoms with van der Waals surface area (Å²) in [5, 5.41) is 17.2. The Morgan fingerprint density at radius 1 is 0.436 bits per heavy atom. The smallest absolute Gasteiger partial charge is 0.303 e. The molecule has 2 N–H and O–H groups in total. The number of hydrogen-bond acceptors (Lipinski definition) is 2. The quantitative estimate of drug-likeness (QED) is 0.0664. The van der Waals surface area contributed by atoms with Gasteiger partial charge in [-0.15, -0.1) is 0 Å². The minimum Gasteiger partial charge on any atom is -0.481 e. The van der Waals surface area contributed by atoms with E-state index in [0.29, 0.717) is 13.0 Å². The van der Waals surface area contributed by atoms with E-state index in [1.165, 1.54) is 167 Å². The molecule has 0 fully saturated rings. The fraction of sp³-hybridized carbons (Fsp3) is 0.917. The van der Waals surface area contributed by atoms with Gasteiger partial charge in [0.2, 0.25) is 0 Å². The maximum atomic E-state index is 10.3. The Bertz CT molecular complexity index is 460. The lowest BCUT2D eigenvalue weighted by Gasteiger charge is -2.03. The van der Waals surface area contributed by atoms with Crippen LogP contribution in [0.5, 0.6) is 0 Å². The summed E-state index contributed by atoms with van der Waals surface area (Å²) in [7, 11) is 0. The fourth-order valence-electron chi connectivity index (χ4n) is 5.01. The molecule has 0 heterocycles. The number of carbonyl (C=O) groups is 1. The van der Waals surface area contributed by atoms with Crippen LogP contribution in [-0.4, -0.2) is 22.8 Å². The lowest BCUT2D eigenvalue weighted by Crippen LogP contribution is -1.93. The van der Waals surface area contributed by atoms with E-state index in [2.05, 4.69) is 26.0 Å². The molecule has 0 rings (SSSR count). The average Bonchev–Trinajstić information content (AvgIpc) is 2.93. The normalized spacial score (nSPS) is 11.2. The predicted octanol–water partition coefficient (Wildman–Crippen LogP) is 12.3. The third kappa shape index (κ3) is 44.4. The second-order valence-corrected chi connectivity index (χ2v) is 11.8. The van der Waals surface area contributed by atoms with E-state index in [1.54, 1.807) is 0 Å². The first-order chi connectivity index (χ1) is 19.2. The topological polar surface area (TPSA) is 57.5 Å². The van der Waals surface area contributed by atoms with Gasteiger partial charge in [-0.25, -0.2) is 0 Å². The molecule has 0 aromatic heterocycles. The molecule has 0 aromatic rings. The van der Waals surface area contributed by atoms with Crippen molar-refractivity contribution in [1.29, 1.82) is 0 Å². The first-order valence-corrected chi connectivity index (χ1v) is 17.7. The highest BCUT2D eigenvalue weighted by Crippen LogP contribution is 2.14. The van der Waals surface area contributed by atoms with Gasteiger partial charge in [-0.2, -0.15) is 0 Å². The standard InChI is InChI=1S/C18H36O2.C18H36O/c1-2-3-4-5-6-7-8-9-10-11-12-13-14-15-16-17-18(19)20;1-2-3-4-5-6-7-8-9-10-11-12-13-14-15-16-17-18-19/h2-17H2,1H3,(H,19,20);9-10,19H,2-8,11-18H2,1H3/b;10-9-. The molecule has 0 aliphatic carbocycles. The molecule has 0 atom stereocenters. The number of aliphatic hydroxyl groups is 1. The van der Waals surface area contributed by atoms with Crippen LogP contribution in [0.1, 0.15) is 206 Å². The van der Waals surface area contributed by atoms with Gasteiger partial charge in [0.05, 0.1) is 0 Å². The molecule has 3 nitrogen and oxygen atoms in total. The number of rotatable bonds is 31. The molecule has 3 heteroatoms. The van der Waals surface area contributed by atoms with Gasteiger partial charge in [0.15, 0.2) is 0 Å². The first kappa shape index (κ1) is 40.3. The highest BCUT2D eigenvalue weighted by Gasteiger charge is 1.97. The lowest BCUT2D eigenvalue weighted by molar-refractivity contribution is -0.137. The molecule has 0 amide bonds. The zero-order valence-corrected chi connectivity index (χ0v) is 26.9. The summed E-state index contributed by atoms with van der Waals surface area (Å²) < 4.78 is 0. The number of carboxylic acids is 1. The minimum absolute atomic E-state index is 0.345. The van der Waals surface area contributed by atoms with Gasteiger partial charge < -0.3 is 10.2 Å². The van der Waals surface area contributed by atoms with Crippen molar-refractivity contribution >= 4 is 5.97 Å². The molecule has 0 saturated carbocycles. The van der Waals surface area contributed by atoms with Crippen LogP contribution in [0.3, 0.4) is 0 Å². The second-order valence-electron chi connectivity index (χ2n) is 11.8. The van der Waals surface area contributed by atoms with Gasteiger partial charge in [0.25, 0.3) is 0 Å². The Kier molecular flexibility index (Phi) is 40.6. The van der Waals surface area contributed by atoms with Crippen LogP contribution in [0.25, 0.3) is 0 Å². The maximum Gasteiger partial charge on any atom is 0.303 e. The van der Waals surface area contributed by atoms with Crippen molar-refractivity contribution in [2.75, 3.05) is 6.61 Å². The summed E-state index contributed by atoms with van der Waals surface area (Å²) in [6.45, 7) is 4.91. The van der Waals surface area contributed by atoms with Crippen molar-refractivity contribution in [3.8, 4) is 0 Å². The van der Waals surface area contributed by atoms with Crippen molar-refractivity contribution in [2.24, 2.45) is 0 Å². The highest BCUT2D eigenvalue weighted by atomic mass is 16.4. The molecule has 0 aliphatic heterocycles. The Labute approximate surface area is 246 Å². The Morgan fingerprint density at radius 2 is 0.718 bits per heavy atom. The lowest BCUT2D eigenvalue weighted by atomic mass is 10.0. The molecule has 0 aromatic carbocycles. The van der Waals surface area contributed by atoms with Crippen LogP contribution in [0, 0.1) is 0 Å².